The Morgan fingerprint density at radius 2 is 1.90 bits per heavy atom. The lowest BCUT2D eigenvalue weighted by Gasteiger charge is -2.12. The third-order valence-electron chi connectivity index (χ3n) is 3.57. The van der Waals surface area contributed by atoms with Crippen molar-refractivity contribution in [3.05, 3.63) is 59.9 Å². The molecule has 0 aliphatic carbocycles. The number of para-hydroxylation sites is 2. The lowest BCUT2D eigenvalue weighted by atomic mass is 10.1. The number of hydrogen-bond acceptors (Lipinski definition) is 4. The second-order valence-electron chi connectivity index (χ2n) is 5.07. The fourth-order valence-corrected chi connectivity index (χ4v) is 2.30. The van der Waals surface area contributed by atoms with Crippen LogP contribution >= 0.6 is 0 Å². The van der Waals surface area contributed by atoms with Gasteiger partial charge in [-0.1, -0.05) is 30.3 Å². The summed E-state index contributed by atoms with van der Waals surface area (Å²) in [4.78, 5) is 0. The first kappa shape index (κ1) is 13.5. The zero-order chi connectivity index (χ0) is 14.8. The van der Waals surface area contributed by atoms with Gasteiger partial charge in [0.1, 0.15) is 11.3 Å². The fourth-order valence-electron chi connectivity index (χ4n) is 2.30. The highest BCUT2D eigenvalue weighted by Crippen LogP contribution is 2.29. The van der Waals surface area contributed by atoms with Gasteiger partial charge in [0, 0.05) is 17.5 Å². The van der Waals surface area contributed by atoms with E-state index in [1.807, 2.05) is 37.3 Å². The molecule has 0 saturated carbocycles. The van der Waals surface area contributed by atoms with Gasteiger partial charge < -0.3 is 19.9 Å². The summed E-state index contributed by atoms with van der Waals surface area (Å²) >= 11 is 0. The number of benzene rings is 2. The van der Waals surface area contributed by atoms with Gasteiger partial charge in [0.25, 0.3) is 0 Å². The Kier molecular flexibility index (Phi) is 3.54. The largest absolute Gasteiger partial charge is 0.504 e. The van der Waals surface area contributed by atoms with Gasteiger partial charge >= 0.3 is 0 Å². The second kappa shape index (κ2) is 5.50. The number of phenolic OH excluding ortho intramolecular Hbond substituents is 2. The van der Waals surface area contributed by atoms with Crippen molar-refractivity contribution in [1.82, 2.24) is 5.32 Å². The van der Waals surface area contributed by atoms with E-state index in [2.05, 4.69) is 5.32 Å². The molecule has 108 valence electrons. The Labute approximate surface area is 122 Å². The van der Waals surface area contributed by atoms with E-state index in [1.54, 1.807) is 12.1 Å². The summed E-state index contributed by atoms with van der Waals surface area (Å²) in [5.74, 6) is 0.656. The van der Waals surface area contributed by atoms with E-state index < -0.39 is 0 Å². The maximum Gasteiger partial charge on any atom is 0.161 e. The van der Waals surface area contributed by atoms with Gasteiger partial charge in [-0.25, -0.2) is 0 Å². The summed E-state index contributed by atoms with van der Waals surface area (Å²) in [6, 6.07) is 14.8. The lowest BCUT2D eigenvalue weighted by Crippen LogP contribution is -2.17. The van der Waals surface area contributed by atoms with E-state index in [9.17, 15) is 10.2 Å². The number of furan rings is 1. The van der Waals surface area contributed by atoms with Gasteiger partial charge in [0.15, 0.2) is 11.5 Å². The number of aromatic hydroxyl groups is 2. The van der Waals surface area contributed by atoms with Gasteiger partial charge in [-0.2, -0.15) is 0 Å². The fraction of sp³-hybridized carbons (Fsp3) is 0.176. The molecule has 4 heteroatoms. The first-order valence-electron chi connectivity index (χ1n) is 6.87. The van der Waals surface area contributed by atoms with E-state index in [0.717, 1.165) is 16.7 Å². The zero-order valence-corrected chi connectivity index (χ0v) is 11.7. The molecule has 0 amide bonds. The number of rotatable bonds is 4. The molecule has 1 unspecified atom stereocenters. The topological polar surface area (TPSA) is 65.6 Å². The van der Waals surface area contributed by atoms with Crippen molar-refractivity contribution >= 4 is 11.0 Å². The number of phenols is 2. The maximum atomic E-state index is 9.78. The zero-order valence-electron chi connectivity index (χ0n) is 11.7. The molecule has 21 heavy (non-hydrogen) atoms. The normalized spacial score (nSPS) is 12.6. The van der Waals surface area contributed by atoms with Crippen molar-refractivity contribution in [1.29, 1.82) is 0 Å². The third-order valence-corrected chi connectivity index (χ3v) is 3.57. The molecule has 0 aliphatic rings. The lowest BCUT2D eigenvalue weighted by molar-refractivity contribution is 0.393. The molecule has 2 aromatic carbocycles. The first-order valence-corrected chi connectivity index (χ1v) is 6.87. The smallest absolute Gasteiger partial charge is 0.161 e. The molecular formula is C17H17NO3. The summed E-state index contributed by atoms with van der Waals surface area (Å²) in [5, 5.41) is 23.6. The Bertz CT molecular complexity index is 731. The molecule has 0 bridgehead atoms. The molecule has 0 saturated heterocycles. The van der Waals surface area contributed by atoms with Crippen LogP contribution in [-0.4, -0.2) is 10.2 Å². The van der Waals surface area contributed by atoms with Crippen LogP contribution in [0.5, 0.6) is 11.5 Å². The molecule has 1 heterocycles. The van der Waals surface area contributed by atoms with Crippen LogP contribution in [0.2, 0.25) is 0 Å². The quantitative estimate of drug-likeness (QED) is 0.639. The van der Waals surface area contributed by atoms with Crippen molar-refractivity contribution in [3.8, 4) is 11.5 Å². The van der Waals surface area contributed by atoms with Crippen molar-refractivity contribution in [3.63, 3.8) is 0 Å². The van der Waals surface area contributed by atoms with Crippen LogP contribution in [0.25, 0.3) is 11.0 Å². The minimum Gasteiger partial charge on any atom is -0.504 e. The molecule has 1 atom stereocenters. The molecule has 3 rings (SSSR count). The van der Waals surface area contributed by atoms with E-state index in [4.69, 9.17) is 4.42 Å². The van der Waals surface area contributed by atoms with Crippen LogP contribution in [0.1, 0.15) is 24.3 Å². The number of fused-ring (bicyclic) bond motifs is 1. The average Bonchev–Trinajstić information content (AvgIpc) is 2.92. The summed E-state index contributed by atoms with van der Waals surface area (Å²) in [6.07, 6.45) is 0. The van der Waals surface area contributed by atoms with Crippen molar-refractivity contribution in [2.45, 2.75) is 19.5 Å². The summed E-state index contributed by atoms with van der Waals surface area (Å²) in [5.41, 5.74) is 1.51. The van der Waals surface area contributed by atoms with Gasteiger partial charge in [-0.3, -0.25) is 0 Å². The Morgan fingerprint density at radius 3 is 2.71 bits per heavy atom. The SMILES string of the molecule is CC(NCc1cccc(O)c1O)c1cc2ccccc2o1. The van der Waals surface area contributed by atoms with Gasteiger partial charge in [0.2, 0.25) is 0 Å². The highest BCUT2D eigenvalue weighted by Gasteiger charge is 2.12. The van der Waals surface area contributed by atoms with Crippen molar-refractivity contribution < 1.29 is 14.6 Å². The highest BCUT2D eigenvalue weighted by atomic mass is 16.3. The molecule has 3 aromatic rings. The molecular weight excluding hydrogens is 266 g/mol. The van der Waals surface area contributed by atoms with Crippen molar-refractivity contribution in [2.24, 2.45) is 0 Å². The summed E-state index contributed by atoms with van der Waals surface area (Å²) in [7, 11) is 0. The Hall–Kier alpha value is -2.46. The van der Waals surface area contributed by atoms with Crippen LogP contribution in [0, 0.1) is 0 Å². The highest BCUT2D eigenvalue weighted by molar-refractivity contribution is 5.77. The summed E-state index contributed by atoms with van der Waals surface area (Å²) in [6.45, 7) is 2.44. The van der Waals surface area contributed by atoms with Gasteiger partial charge in [-0.15, -0.1) is 0 Å². The number of hydrogen-bond donors (Lipinski definition) is 3. The molecule has 4 nitrogen and oxygen atoms in total. The van der Waals surface area contributed by atoms with Crippen LogP contribution in [-0.2, 0) is 6.54 Å². The van der Waals surface area contributed by atoms with Crippen LogP contribution in [0.4, 0.5) is 0 Å². The van der Waals surface area contributed by atoms with E-state index in [1.165, 1.54) is 6.07 Å². The Balaban J connectivity index is 1.74. The first-order chi connectivity index (χ1) is 10.1. The van der Waals surface area contributed by atoms with E-state index >= 15 is 0 Å². The summed E-state index contributed by atoms with van der Waals surface area (Å²) < 4.78 is 5.80. The predicted octanol–water partition coefficient (Wildman–Crippen LogP) is 3.69. The standard InChI is InChI=1S/C17H17NO3/c1-11(16-9-12-5-2-3-8-15(12)21-16)18-10-13-6-4-7-14(19)17(13)20/h2-9,11,18-20H,10H2,1H3. The maximum absolute atomic E-state index is 9.78. The minimum absolute atomic E-state index is 0.000788. The second-order valence-corrected chi connectivity index (χ2v) is 5.07. The molecule has 0 fully saturated rings. The van der Waals surface area contributed by atoms with Crippen LogP contribution in [0.15, 0.2) is 52.9 Å². The predicted molar refractivity (Wildman–Crippen MR) is 81.2 cm³/mol. The van der Waals surface area contributed by atoms with Crippen molar-refractivity contribution in [2.75, 3.05) is 0 Å². The molecule has 0 radical (unpaired) electrons. The van der Waals surface area contributed by atoms with Gasteiger partial charge in [0.05, 0.1) is 6.04 Å². The average molecular weight is 283 g/mol. The monoisotopic (exact) mass is 283 g/mol. The third kappa shape index (κ3) is 2.71. The van der Waals surface area contributed by atoms with Gasteiger partial charge in [-0.05, 0) is 25.1 Å². The molecule has 0 spiro atoms. The molecule has 1 aromatic heterocycles. The van der Waals surface area contributed by atoms with E-state index in [0.29, 0.717) is 12.1 Å². The molecule has 3 N–H and O–H groups in total. The Morgan fingerprint density at radius 1 is 1.10 bits per heavy atom. The van der Waals surface area contributed by atoms with Crippen LogP contribution < -0.4 is 5.32 Å². The minimum atomic E-state index is -0.106. The molecule has 0 aliphatic heterocycles. The number of nitrogens with one attached hydrogen (secondary N) is 1. The van der Waals surface area contributed by atoms with Crippen LogP contribution in [0.3, 0.4) is 0 Å². The van der Waals surface area contributed by atoms with E-state index in [-0.39, 0.29) is 17.5 Å².